The second-order valence-corrected chi connectivity index (χ2v) is 5.36. The number of rotatable bonds is 9. The van der Waals surface area contributed by atoms with Crippen LogP contribution in [0.3, 0.4) is 0 Å². The summed E-state index contributed by atoms with van der Waals surface area (Å²) < 4.78 is 30.5. The van der Waals surface area contributed by atoms with Crippen molar-refractivity contribution in [3.8, 4) is 0 Å². The van der Waals surface area contributed by atoms with Crippen LogP contribution in [0.25, 0.3) is 0 Å². The van der Waals surface area contributed by atoms with Crippen LogP contribution in [0.15, 0.2) is 0 Å². The van der Waals surface area contributed by atoms with Crippen molar-refractivity contribution in [2.24, 2.45) is 5.73 Å². The van der Waals surface area contributed by atoms with Crippen molar-refractivity contribution in [3.63, 3.8) is 0 Å². The summed E-state index contributed by atoms with van der Waals surface area (Å²) in [7, 11) is -3.15. The standard InChI is InChI=1S/C9H22N2O3S/c1-3-14-9(2)8-11-15(12,13)7-5-4-6-10/h9,11H,3-8,10H2,1-2H3. The molecule has 0 rings (SSSR count). The van der Waals surface area contributed by atoms with Gasteiger partial charge >= 0.3 is 0 Å². The highest BCUT2D eigenvalue weighted by Gasteiger charge is 2.11. The molecule has 0 saturated heterocycles. The Hall–Kier alpha value is -0.170. The molecule has 0 fully saturated rings. The average Bonchev–Trinajstić information content (AvgIpc) is 2.16. The van der Waals surface area contributed by atoms with Crippen molar-refractivity contribution in [1.29, 1.82) is 0 Å². The normalized spacial score (nSPS) is 14.1. The molecule has 0 bridgehead atoms. The van der Waals surface area contributed by atoms with Crippen molar-refractivity contribution in [1.82, 2.24) is 4.72 Å². The van der Waals surface area contributed by atoms with Crippen LogP contribution in [0.2, 0.25) is 0 Å². The Labute approximate surface area is 92.4 Å². The summed E-state index contributed by atoms with van der Waals surface area (Å²) in [5, 5.41) is 0. The molecule has 0 saturated carbocycles. The lowest BCUT2D eigenvalue weighted by Gasteiger charge is -2.12. The van der Waals surface area contributed by atoms with Gasteiger partial charge in [0.1, 0.15) is 0 Å². The van der Waals surface area contributed by atoms with Gasteiger partial charge in [-0.3, -0.25) is 0 Å². The van der Waals surface area contributed by atoms with Gasteiger partial charge in [0.15, 0.2) is 0 Å². The Bertz CT molecular complexity index is 242. The largest absolute Gasteiger partial charge is 0.377 e. The molecule has 0 heterocycles. The fraction of sp³-hybridized carbons (Fsp3) is 1.00. The van der Waals surface area contributed by atoms with Gasteiger partial charge in [-0.1, -0.05) is 0 Å². The van der Waals surface area contributed by atoms with Crippen molar-refractivity contribution >= 4 is 10.0 Å². The molecule has 5 nitrogen and oxygen atoms in total. The van der Waals surface area contributed by atoms with Gasteiger partial charge in [0, 0.05) is 13.2 Å². The number of ether oxygens (including phenoxy) is 1. The molecule has 3 N–H and O–H groups in total. The second-order valence-electron chi connectivity index (χ2n) is 3.43. The smallest absolute Gasteiger partial charge is 0.211 e. The van der Waals surface area contributed by atoms with Crippen molar-refractivity contribution in [3.05, 3.63) is 0 Å². The van der Waals surface area contributed by atoms with Gasteiger partial charge < -0.3 is 10.5 Å². The van der Waals surface area contributed by atoms with Crippen molar-refractivity contribution in [2.45, 2.75) is 32.8 Å². The maximum absolute atomic E-state index is 11.4. The number of hydrogen-bond donors (Lipinski definition) is 2. The van der Waals surface area contributed by atoms with E-state index < -0.39 is 10.0 Å². The molecule has 0 aliphatic carbocycles. The summed E-state index contributed by atoms with van der Waals surface area (Å²) in [6.45, 7) is 5.18. The zero-order valence-electron chi connectivity index (χ0n) is 9.53. The highest BCUT2D eigenvalue weighted by atomic mass is 32.2. The molecule has 0 spiro atoms. The first-order chi connectivity index (χ1) is 7.02. The Morgan fingerprint density at radius 1 is 1.40 bits per heavy atom. The summed E-state index contributed by atoms with van der Waals surface area (Å²) >= 11 is 0. The highest BCUT2D eigenvalue weighted by molar-refractivity contribution is 7.89. The molecule has 0 aliphatic heterocycles. The Balaban J connectivity index is 3.73. The van der Waals surface area contributed by atoms with Gasteiger partial charge in [-0.05, 0) is 33.2 Å². The lowest BCUT2D eigenvalue weighted by Crippen LogP contribution is -2.33. The molecule has 0 amide bonds. The molecule has 15 heavy (non-hydrogen) atoms. The first kappa shape index (κ1) is 14.8. The van der Waals surface area contributed by atoms with Gasteiger partial charge in [0.05, 0.1) is 11.9 Å². The summed E-state index contributed by atoms with van der Waals surface area (Å²) in [6.07, 6.45) is 1.26. The minimum absolute atomic E-state index is 0.0840. The fourth-order valence-electron chi connectivity index (χ4n) is 1.10. The Morgan fingerprint density at radius 2 is 2.07 bits per heavy atom. The molecule has 0 radical (unpaired) electrons. The third-order valence-corrected chi connectivity index (χ3v) is 3.34. The van der Waals surface area contributed by atoms with Crippen LogP contribution < -0.4 is 10.5 Å². The minimum atomic E-state index is -3.15. The minimum Gasteiger partial charge on any atom is -0.377 e. The predicted molar refractivity (Wildman–Crippen MR) is 61.2 cm³/mol. The lowest BCUT2D eigenvalue weighted by atomic mass is 10.3. The Morgan fingerprint density at radius 3 is 2.60 bits per heavy atom. The fourth-order valence-corrected chi connectivity index (χ4v) is 2.31. The molecule has 6 heteroatoms. The zero-order valence-corrected chi connectivity index (χ0v) is 10.3. The number of unbranched alkanes of at least 4 members (excludes halogenated alkanes) is 1. The van der Waals surface area contributed by atoms with Crippen LogP contribution in [-0.4, -0.2) is 40.0 Å². The molecule has 1 atom stereocenters. The SMILES string of the molecule is CCOC(C)CNS(=O)(=O)CCCCN. The van der Waals surface area contributed by atoms with Crippen LogP contribution in [0.4, 0.5) is 0 Å². The molecule has 0 aromatic carbocycles. The van der Waals surface area contributed by atoms with Crippen molar-refractivity contribution in [2.75, 3.05) is 25.4 Å². The van der Waals surface area contributed by atoms with Crippen molar-refractivity contribution < 1.29 is 13.2 Å². The second kappa shape index (κ2) is 8.04. The van der Waals surface area contributed by atoms with E-state index in [1.165, 1.54) is 0 Å². The molecule has 0 aromatic heterocycles. The van der Waals surface area contributed by atoms with Gasteiger partial charge in [0.25, 0.3) is 0 Å². The van der Waals surface area contributed by atoms with E-state index in [1.807, 2.05) is 13.8 Å². The molecular weight excluding hydrogens is 216 g/mol. The van der Waals surface area contributed by atoms with Gasteiger partial charge in [-0.15, -0.1) is 0 Å². The molecule has 0 aliphatic rings. The van der Waals surface area contributed by atoms with E-state index in [2.05, 4.69) is 4.72 Å². The van der Waals surface area contributed by atoms with E-state index in [-0.39, 0.29) is 11.9 Å². The highest BCUT2D eigenvalue weighted by Crippen LogP contribution is 1.95. The number of hydrogen-bond acceptors (Lipinski definition) is 4. The molecule has 1 unspecified atom stereocenters. The number of nitrogens with two attached hydrogens (primary N) is 1. The van der Waals surface area contributed by atoms with E-state index in [9.17, 15) is 8.42 Å². The van der Waals surface area contributed by atoms with E-state index in [1.54, 1.807) is 0 Å². The monoisotopic (exact) mass is 238 g/mol. The van der Waals surface area contributed by atoms with Gasteiger partial charge in [-0.25, -0.2) is 13.1 Å². The number of nitrogens with one attached hydrogen (secondary N) is 1. The summed E-state index contributed by atoms with van der Waals surface area (Å²) in [5.41, 5.74) is 5.28. The van der Waals surface area contributed by atoms with E-state index in [4.69, 9.17) is 10.5 Å². The molecule has 0 aromatic rings. The van der Waals surface area contributed by atoms with Gasteiger partial charge in [-0.2, -0.15) is 0 Å². The zero-order chi connectivity index (χ0) is 11.7. The average molecular weight is 238 g/mol. The summed E-state index contributed by atoms with van der Waals surface area (Å²) in [4.78, 5) is 0. The van der Waals surface area contributed by atoms with Crippen LogP contribution in [0.1, 0.15) is 26.7 Å². The first-order valence-electron chi connectivity index (χ1n) is 5.31. The van der Waals surface area contributed by atoms with Crippen LogP contribution in [-0.2, 0) is 14.8 Å². The maximum atomic E-state index is 11.4. The Kier molecular flexibility index (Phi) is 7.95. The van der Waals surface area contributed by atoms with Crippen LogP contribution in [0.5, 0.6) is 0 Å². The quantitative estimate of drug-likeness (QED) is 0.557. The van der Waals surface area contributed by atoms with Crippen LogP contribution >= 0.6 is 0 Å². The van der Waals surface area contributed by atoms with Crippen LogP contribution in [0, 0.1) is 0 Å². The topological polar surface area (TPSA) is 81.4 Å². The first-order valence-corrected chi connectivity index (χ1v) is 6.96. The van der Waals surface area contributed by atoms with E-state index >= 15 is 0 Å². The predicted octanol–water partition coefficient (Wildman–Crippen LogP) is 0.0697. The maximum Gasteiger partial charge on any atom is 0.211 e. The molecular formula is C9H22N2O3S. The lowest BCUT2D eigenvalue weighted by molar-refractivity contribution is 0.0799. The number of sulfonamides is 1. The third-order valence-electron chi connectivity index (χ3n) is 1.91. The van der Waals surface area contributed by atoms with E-state index in [0.717, 1.165) is 6.42 Å². The van der Waals surface area contributed by atoms with Gasteiger partial charge in [0.2, 0.25) is 10.0 Å². The third kappa shape index (κ3) is 8.80. The van der Waals surface area contributed by atoms with E-state index in [0.29, 0.717) is 26.1 Å². The summed E-state index contributed by atoms with van der Waals surface area (Å²) in [6, 6.07) is 0. The summed E-state index contributed by atoms with van der Waals surface area (Å²) in [5.74, 6) is 0.142. The molecule has 92 valence electrons.